The number of nitrogens with zero attached hydrogens (tertiary/aromatic N) is 4. The van der Waals surface area contributed by atoms with E-state index in [1.54, 1.807) is 0 Å². The highest BCUT2D eigenvalue weighted by Gasteiger charge is 2.25. The van der Waals surface area contributed by atoms with Crippen molar-refractivity contribution >= 4 is 140 Å². The minimum Gasteiger partial charge on any atom is -0.354 e. The minimum absolute atomic E-state index is 0.602. The fourth-order valence-corrected chi connectivity index (χ4v) is 8.73. The van der Waals surface area contributed by atoms with Gasteiger partial charge in [-0.25, -0.2) is 9.97 Å². The second-order valence-corrected chi connectivity index (χ2v) is 13.7. The molecule has 6 nitrogen and oxygen atoms in total. The lowest BCUT2D eigenvalue weighted by atomic mass is 10.0. The number of benzene rings is 2. The summed E-state index contributed by atoms with van der Waals surface area (Å²) in [5.41, 5.74) is 12.7. The Morgan fingerprint density at radius 2 is 1.20 bits per heavy atom. The van der Waals surface area contributed by atoms with Gasteiger partial charge in [-0.3, -0.25) is 0 Å². The van der Waals surface area contributed by atoms with Crippen LogP contribution in [-0.2, 0) is 25.9 Å². The van der Waals surface area contributed by atoms with Crippen LogP contribution in [0.2, 0.25) is 0 Å². The Balaban J connectivity index is 0.000000147. The summed E-state index contributed by atoms with van der Waals surface area (Å²) in [6.07, 6.45) is 4.46. The van der Waals surface area contributed by atoms with E-state index < -0.39 is 0 Å². The van der Waals surface area contributed by atoms with Crippen LogP contribution in [0.5, 0.6) is 0 Å². The predicted molar refractivity (Wildman–Crippen MR) is 168 cm³/mol. The maximum absolute atomic E-state index is 5.56. The number of imidazole rings is 2. The summed E-state index contributed by atoms with van der Waals surface area (Å²) in [6.45, 7) is 3.37. The van der Waals surface area contributed by atoms with Crippen molar-refractivity contribution in [2.75, 3.05) is 18.4 Å². The Hall–Kier alpha value is 0.500. The molecule has 0 fully saturated rings. The monoisotopic (exact) mass is 920 g/mol. The average Bonchev–Trinajstić information content (AvgIpc) is 3.42. The highest BCUT2D eigenvalue weighted by atomic mass is 79.9. The standard InChI is InChI=1S/C12H13Br3N4.C10H6Br4N2/c13-7-6-2-1-5-19-11(6)10(9(15)8(7)14)18-12(19)17-4-3-16;11-5-4-2-1-3-16-9(4)8(15-10(16)14)7(13)6(5)12/h1-5,16H2,(H,17,18);1-3H2. The molecule has 2 aromatic heterocycles. The zero-order valence-electron chi connectivity index (χ0n) is 18.2. The molecule has 0 amide bonds. The molecule has 4 aromatic rings. The Morgan fingerprint density at radius 3 is 1.77 bits per heavy atom. The highest BCUT2D eigenvalue weighted by molar-refractivity contribution is 9.15. The summed E-state index contributed by atoms with van der Waals surface area (Å²) in [5, 5.41) is 3.31. The summed E-state index contributed by atoms with van der Waals surface area (Å²) < 4.78 is 11.8. The van der Waals surface area contributed by atoms with Crippen molar-refractivity contribution in [3.8, 4) is 0 Å². The SMILES string of the molecule is Brc1c(Br)c2c3c(nc(Br)n3CCC2)c1Br.NCCNc1nc2c(Br)c(Br)c(Br)c3c2n1CCC3. The summed E-state index contributed by atoms with van der Waals surface area (Å²) in [7, 11) is 0. The van der Waals surface area contributed by atoms with Crippen molar-refractivity contribution in [2.24, 2.45) is 5.73 Å². The molecule has 0 saturated carbocycles. The quantitative estimate of drug-likeness (QED) is 0.202. The van der Waals surface area contributed by atoms with Crippen LogP contribution in [0.25, 0.3) is 22.1 Å². The molecule has 0 radical (unpaired) electrons. The van der Waals surface area contributed by atoms with Gasteiger partial charge < -0.3 is 20.2 Å². The van der Waals surface area contributed by atoms with Crippen LogP contribution in [0.1, 0.15) is 24.0 Å². The third-order valence-electron chi connectivity index (χ3n) is 6.22. The van der Waals surface area contributed by atoms with E-state index in [-0.39, 0.29) is 0 Å². The van der Waals surface area contributed by atoms with E-state index in [9.17, 15) is 0 Å². The van der Waals surface area contributed by atoms with Crippen LogP contribution >= 0.6 is 112 Å². The molecule has 186 valence electrons. The molecule has 2 aromatic carbocycles. The van der Waals surface area contributed by atoms with Crippen LogP contribution in [0, 0.1) is 0 Å². The number of anilines is 1. The molecule has 6 rings (SSSR count). The number of aryl methyl sites for hydroxylation is 4. The smallest absolute Gasteiger partial charge is 0.203 e. The highest BCUT2D eigenvalue weighted by Crippen LogP contribution is 2.45. The lowest BCUT2D eigenvalue weighted by Gasteiger charge is -2.19. The first kappa shape index (κ1) is 27.1. The van der Waals surface area contributed by atoms with Gasteiger partial charge in [-0.1, -0.05) is 0 Å². The van der Waals surface area contributed by atoms with Gasteiger partial charge in [0.2, 0.25) is 5.95 Å². The van der Waals surface area contributed by atoms with E-state index in [0.29, 0.717) is 6.54 Å². The topological polar surface area (TPSA) is 73.7 Å². The molecule has 0 aliphatic carbocycles. The molecule has 0 unspecified atom stereocenters. The number of nitrogens with two attached hydrogens (primary N) is 1. The van der Waals surface area contributed by atoms with Gasteiger partial charge >= 0.3 is 0 Å². The first-order chi connectivity index (χ1) is 16.8. The van der Waals surface area contributed by atoms with Crippen molar-refractivity contribution in [1.82, 2.24) is 19.1 Å². The molecule has 0 saturated heterocycles. The van der Waals surface area contributed by atoms with Gasteiger partial charge in [-0.2, -0.15) is 0 Å². The predicted octanol–water partition coefficient (Wildman–Crippen LogP) is 8.67. The molecule has 4 heterocycles. The number of aromatic nitrogens is 4. The van der Waals surface area contributed by atoms with E-state index in [1.165, 1.54) is 22.2 Å². The maximum atomic E-state index is 5.56. The van der Waals surface area contributed by atoms with E-state index in [0.717, 1.165) is 93.9 Å². The fourth-order valence-electron chi connectivity index (χ4n) is 4.69. The van der Waals surface area contributed by atoms with Gasteiger partial charge in [0.1, 0.15) is 11.0 Å². The summed E-state index contributed by atoms with van der Waals surface area (Å²) in [4.78, 5) is 9.29. The van der Waals surface area contributed by atoms with Crippen molar-refractivity contribution in [3.05, 3.63) is 42.7 Å². The number of hydrogen-bond acceptors (Lipinski definition) is 4. The van der Waals surface area contributed by atoms with Crippen LogP contribution in [0.3, 0.4) is 0 Å². The van der Waals surface area contributed by atoms with Gasteiger partial charge in [0, 0.05) is 44.1 Å². The zero-order chi connectivity index (χ0) is 25.0. The third kappa shape index (κ3) is 4.65. The first-order valence-corrected chi connectivity index (χ1v) is 16.5. The Labute approximate surface area is 261 Å². The van der Waals surface area contributed by atoms with Crippen molar-refractivity contribution in [3.63, 3.8) is 0 Å². The van der Waals surface area contributed by atoms with E-state index >= 15 is 0 Å². The summed E-state index contributed by atoms with van der Waals surface area (Å²) in [5.74, 6) is 0.909. The van der Waals surface area contributed by atoms with Crippen molar-refractivity contribution in [1.29, 1.82) is 0 Å². The molecule has 0 spiro atoms. The molecule has 3 N–H and O–H groups in total. The van der Waals surface area contributed by atoms with Crippen LogP contribution in [0.4, 0.5) is 5.95 Å². The van der Waals surface area contributed by atoms with Crippen LogP contribution in [0.15, 0.2) is 31.6 Å². The first-order valence-electron chi connectivity index (χ1n) is 11.0. The molecule has 35 heavy (non-hydrogen) atoms. The lowest BCUT2D eigenvalue weighted by Crippen LogP contribution is -2.17. The van der Waals surface area contributed by atoms with Gasteiger partial charge in [-0.05, 0) is 148 Å². The Morgan fingerprint density at radius 1 is 0.686 bits per heavy atom. The number of halogens is 7. The number of nitrogens with one attached hydrogen (secondary N) is 1. The Kier molecular flexibility index (Phi) is 8.46. The molecule has 0 bridgehead atoms. The molecule has 13 heteroatoms. The van der Waals surface area contributed by atoms with E-state index in [4.69, 9.17) is 10.7 Å². The molecular weight excluding hydrogens is 908 g/mol. The third-order valence-corrected chi connectivity index (χ3v) is 13.8. The second kappa shape index (κ2) is 10.9. The normalized spacial score (nSPS) is 14.4. The van der Waals surface area contributed by atoms with Crippen molar-refractivity contribution < 1.29 is 0 Å². The molecular formula is C22H19Br7N6. The zero-order valence-corrected chi connectivity index (χ0v) is 29.3. The maximum Gasteiger partial charge on any atom is 0.203 e. The second-order valence-electron chi connectivity index (χ2n) is 8.28. The molecule has 0 atom stereocenters. The van der Waals surface area contributed by atoms with Crippen molar-refractivity contribution in [2.45, 2.75) is 38.8 Å². The molecule has 2 aliphatic heterocycles. The largest absolute Gasteiger partial charge is 0.354 e. The van der Waals surface area contributed by atoms with E-state index in [2.05, 4.69) is 131 Å². The van der Waals surface area contributed by atoms with Crippen LogP contribution in [-0.4, -0.2) is 32.2 Å². The van der Waals surface area contributed by atoms with Gasteiger partial charge in [0.25, 0.3) is 0 Å². The van der Waals surface area contributed by atoms with Gasteiger partial charge in [-0.15, -0.1) is 0 Å². The van der Waals surface area contributed by atoms with Gasteiger partial charge in [0.05, 0.1) is 20.0 Å². The Bertz CT molecular complexity index is 1480. The van der Waals surface area contributed by atoms with Gasteiger partial charge in [0.15, 0.2) is 4.73 Å². The van der Waals surface area contributed by atoms with Crippen LogP contribution < -0.4 is 11.1 Å². The fraction of sp³-hybridized carbons (Fsp3) is 0.364. The summed E-state index contributed by atoms with van der Waals surface area (Å²) >= 11 is 25.3. The summed E-state index contributed by atoms with van der Waals surface area (Å²) in [6, 6.07) is 0. The average molecular weight is 927 g/mol. The lowest BCUT2D eigenvalue weighted by molar-refractivity contribution is 0.620. The molecule has 2 aliphatic rings. The van der Waals surface area contributed by atoms with E-state index in [1.807, 2.05) is 0 Å². The number of rotatable bonds is 3. The number of hydrogen-bond donors (Lipinski definition) is 2. The minimum atomic E-state index is 0.602.